The lowest BCUT2D eigenvalue weighted by atomic mass is 9.67. The third-order valence-electron chi connectivity index (χ3n) is 8.91. The zero-order valence-corrected chi connectivity index (χ0v) is 20.2. The molecule has 2 aromatic heterocycles. The summed E-state index contributed by atoms with van der Waals surface area (Å²) in [5.74, 6) is -3.85. The third kappa shape index (κ3) is 3.37. The van der Waals surface area contributed by atoms with E-state index in [1.165, 1.54) is 4.90 Å². The van der Waals surface area contributed by atoms with Crippen molar-refractivity contribution in [3.63, 3.8) is 0 Å². The normalized spacial score (nSPS) is 25.8. The van der Waals surface area contributed by atoms with Gasteiger partial charge < -0.3 is 14.5 Å². The highest BCUT2D eigenvalue weighted by Gasteiger charge is 2.61. The molecule has 3 aliphatic heterocycles. The van der Waals surface area contributed by atoms with Crippen molar-refractivity contribution in [1.29, 1.82) is 0 Å². The SMILES string of the molecule is O=C(CN1C(=O)C2(CCC(Oc3cnc4[nH]ncc4c3)CC2)c2ccccc21)N1CC2CC(C1)C2(F)F. The summed E-state index contributed by atoms with van der Waals surface area (Å²) in [6.45, 7) is 0.0181. The van der Waals surface area contributed by atoms with Crippen LogP contribution in [0, 0.1) is 11.8 Å². The number of halogens is 2. The summed E-state index contributed by atoms with van der Waals surface area (Å²) in [4.78, 5) is 34.5. The predicted molar refractivity (Wildman–Crippen MR) is 130 cm³/mol. The number of hydrogen-bond acceptors (Lipinski definition) is 5. The minimum absolute atomic E-state index is 0.0471. The summed E-state index contributed by atoms with van der Waals surface area (Å²) in [5, 5.41) is 7.69. The molecule has 2 unspecified atom stereocenters. The van der Waals surface area contributed by atoms with Crippen LogP contribution in [0.2, 0.25) is 0 Å². The molecule has 4 fully saturated rings. The van der Waals surface area contributed by atoms with Gasteiger partial charge in [-0.1, -0.05) is 18.2 Å². The lowest BCUT2D eigenvalue weighted by molar-refractivity contribution is -0.225. The number of para-hydroxylation sites is 1. The lowest BCUT2D eigenvalue weighted by Crippen LogP contribution is -2.64. The summed E-state index contributed by atoms with van der Waals surface area (Å²) in [7, 11) is 0. The smallest absolute Gasteiger partial charge is 0.257 e. The summed E-state index contributed by atoms with van der Waals surface area (Å²) < 4.78 is 34.2. The number of piperidine rings is 2. The predicted octanol–water partition coefficient (Wildman–Crippen LogP) is 3.68. The Kier molecular flexibility index (Phi) is 4.87. The minimum Gasteiger partial charge on any atom is -0.489 e. The number of H-pyrrole nitrogens is 1. The van der Waals surface area contributed by atoms with E-state index < -0.39 is 23.2 Å². The maximum absolute atomic E-state index is 14.0. The first-order valence-corrected chi connectivity index (χ1v) is 12.9. The fraction of sp³-hybridized carbons (Fsp3) is 0.481. The van der Waals surface area contributed by atoms with Gasteiger partial charge in [0.15, 0.2) is 5.65 Å². The van der Waals surface area contributed by atoms with Crippen LogP contribution in [0.5, 0.6) is 5.75 Å². The molecule has 5 heterocycles. The molecule has 2 amide bonds. The fourth-order valence-electron chi connectivity index (χ4n) is 6.78. The molecule has 2 saturated carbocycles. The zero-order chi connectivity index (χ0) is 25.4. The highest BCUT2D eigenvalue weighted by atomic mass is 19.3. The Morgan fingerprint density at radius 3 is 2.65 bits per heavy atom. The summed E-state index contributed by atoms with van der Waals surface area (Å²) in [6, 6.07) is 9.55. The van der Waals surface area contributed by atoms with E-state index in [-0.39, 0.29) is 37.6 Å². The molecule has 2 atom stereocenters. The van der Waals surface area contributed by atoms with Crippen LogP contribution < -0.4 is 9.64 Å². The number of nitrogens with one attached hydrogen (secondary N) is 1. The molecule has 1 spiro atoms. The molecule has 2 aliphatic carbocycles. The summed E-state index contributed by atoms with van der Waals surface area (Å²) in [5.41, 5.74) is 1.71. The summed E-state index contributed by atoms with van der Waals surface area (Å²) >= 11 is 0. The van der Waals surface area contributed by atoms with Gasteiger partial charge in [-0.25, -0.2) is 13.8 Å². The van der Waals surface area contributed by atoms with E-state index >= 15 is 0 Å². The number of aromatic amines is 1. The molecule has 8 rings (SSSR count). The number of benzene rings is 1. The van der Waals surface area contributed by atoms with Crippen molar-refractivity contribution >= 4 is 28.5 Å². The summed E-state index contributed by atoms with van der Waals surface area (Å²) in [6.07, 6.45) is 6.41. The average Bonchev–Trinajstić information content (AvgIpc) is 3.47. The van der Waals surface area contributed by atoms with E-state index in [1.807, 2.05) is 30.3 Å². The maximum Gasteiger partial charge on any atom is 0.257 e. The van der Waals surface area contributed by atoms with E-state index in [2.05, 4.69) is 15.2 Å². The van der Waals surface area contributed by atoms with Crippen LogP contribution in [0.25, 0.3) is 11.0 Å². The second-order valence-electron chi connectivity index (χ2n) is 10.9. The van der Waals surface area contributed by atoms with Crippen LogP contribution in [0.1, 0.15) is 37.7 Å². The van der Waals surface area contributed by atoms with E-state index in [9.17, 15) is 18.4 Å². The van der Waals surface area contributed by atoms with E-state index in [1.54, 1.807) is 17.3 Å². The van der Waals surface area contributed by atoms with Crippen molar-refractivity contribution in [2.45, 2.75) is 49.5 Å². The van der Waals surface area contributed by atoms with Crippen LogP contribution in [-0.2, 0) is 15.0 Å². The third-order valence-corrected chi connectivity index (χ3v) is 8.91. The standard InChI is InChI=1S/C27H27F2N5O3/c28-27(29)17-10-18(27)14-33(13-17)23(35)15-34-22-4-2-1-3-21(22)26(25(34)36)7-5-19(6-8-26)37-20-9-16-11-31-32-24(16)30-12-20/h1-4,9,11-12,17-19H,5-8,10,13-15H2,(H,30,31,32). The fourth-order valence-corrected chi connectivity index (χ4v) is 6.78. The Labute approximate surface area is 212 Å². The Morgan fingerprint density at radius 1 is 1.14 bits per heavy atom. The highest BCUT2D eigenvalue weighted by Crippen LogP contribution is 2.53. The highest BCUT2D eigenvalue weighted by molar-refractivity contribution is 6.10. The monoisotopic (exact) mass is 507 g/mol. The number of nitrogens with zero attached hydrogens (tertiary/aromatic N) is 4. The van der Waals surface area contributed by atoms with Gasteiger partial charge in [0.2, 0.25) is 11.8 Å². The van der Waals surface area contributed by atoms with Gasteiger partial charge in [-0.05, 0) is 49.8 Å². The molecular formula is C27H27F2N5O3. The molecule has 2 saturated heterocycles. The van der Waals surface area contributed by atoms with Crippen molar-refractivity contribution in [3.05, 3.63) is 48.3 Å². The van der Waals surface area contributed by atoms with Crippen LogP contribution in [-0.4, -0.2) is 63.6 Å². The van der Waals surface area contributed by atoms with E-state index in [0.29, 0.717) is 43.5 Å². The number of amides is 2. The number of aromatic nitrogens is 3. The number of alkyl halides is 2. The number of anilines is 1. The van der Waals surface area contributed by atoms with Crippen molar-refractivity contribution in [2.75, 3.05) is 24.5 Å². The number of fused-ring (bicyclic) bond motifs is 5. The molecule has 0 radical (unpaired) electrons. The van der Waals surface area contributed by atoms with E-state index in [0.717, 1.165) is 16.6 Å². The van der Waals surface area contributed by atoms with Crippen molar-refractivity contribution in [2.24, 2.45) is 11.8 Å². The van der Waals surface area contributed by atoms with Gasteiger partial charge in [0.1, 0.15) is 12.3 Å². The first kappa shape index (κ1) is 22.6. The molecule has 2 bridgehead atoms. The second-order valence-corrected chi connectivity index (χ2v) is 10.9. The molecule has 8 nitrogen and oxygen atoms in total. The molecule has 10 heteroatoms. The van der Waals surface area contributed by atoms with E-state index in [4.69, 9.17) is 4.74 Å². The largest absolute Gasteiger partial charge is 0.489 e. The molecule has 1 N–H and O–H groups in total. The van der Waals surface area contributed by atoms with Crippen molar-refractivity contribution in [1.82, 2.24) is 20.1 Å². The Balaban J connectivity index is 1.06. The van der Waals surface area contributed by atoms with Crippen molar-refractivity contribution < 1.29 is 23.1 Å². The topological polar surface area (TPSA) is 91.4 Å². The Hall–Kier alpha value is -3.56. The molecular weight excluding hydrogens is 480 g/mol. The van der Waals surface area contributed by atoms with Gasteiger partial charge in [0.25, 0.3) is 5.92 Å². The van der Waals surface area contributed by atoms with Crippen LogP contribution in [0.3, 0.4) is 0 Å². The zero-order valence-electron chi connectivity index (χ0n) is 20.2. The maximum atomic E-state index is 14.0. The molecule has 3 aromatic rings. The Morgan fingerprint density at radius 2 is 1.89 bits per heavy atom. The average molecular weight is 508 g/mol. The minimum atomic E-state index is -2.67. The lowest BCUT2D eigenvalue weighted by Gasteiger charge is -2.53. The first-order valence-electron chi connectivity index (χ1n) is 12.9. The number of carbonyl (C=O) groups excluding carboxylic acids is 2. The molecule has 37 heavy (non-hydrogen) atoms. The van der Waals surface area contributed by atoms with Crippen LogP contribution in [0.4, 0.5) is 14.5 Å². The van der Waals surface area contributed by atoms with Gasteiger partial charge in [-0.2, -0.15) is 5.10 Å². The quantitative estimate of drug-likeness (QED) is 0.582. The number of hydrogen-bond donors (Lipinski definition) is 1. The van der Waals surface area contributed by atoms with Gasteiger partial charge >= 0.3 is 0 Å². The number of ether oxygens (including phenoxy) is 1. The number of carbonyl (C=O) groups is 2. The Bertz CT molecular complexity index is 1390. The van der Waals surface area contributed by atoms with Crippen LogP contribution in [0.15, 0.2) is 42.7 Å². The molecule has 5 aliphatic rings. The van der Waals surface area contributed by atoms with Crippen molar-refractivity contribution in [3.8, 4) is 5.75 Å². The van der Waals surface area contributed by atoms with Gasteiger partial charge in [-0.15, -0.1) is 0 Å². The van der Waals surface area contributed by atoms with Gasteiger partial charge in [0.05, 0.1) is 23.9 Å². The van der Waals surface area contributed by atoms with Gasteiger partial charge in [0, 0.05) is 36.0 Å². The number of rotatable bonds is 4. The second kappa shape index (κ2) is 7.97. The number of pyridine rings is 1. The molecule has 192 valence electrons. The van der Waals surface area contributed by atoms with Crippen LogP contribution >= 0.6 is 0 Å². The molecule has 1 aromatic carbocycles. The van der Waals surface area contributed by atoms with Gasteiger partial charge in [-0.3, -0.25) is 14.7 Å². The first-order chi connectivity index (χ1) is 17.8.